The summed E-state index contributed by atoms with van der Waals surface area (Å²) in [6.45, 7) is 5.22. The third-order valence-electron chi connectivity index (χ3n) is 5.43. The Hall–Kier alpha value is -2.02. The zero-order valence-corrected chi connectivity index (χ0v) is 15.0. The summed E-state index contributed by atoms with van der Waals surface area (Å²) in [5, 5.41) is 9.06. The fourth-order valence-corrected chi connectivity index (χ4v) is 4.01. The molecule has 0 aliphatic carbocycles. The first-order valence-electron chi connectivity index (χ1n) is 9.44. The van der Waals surface area contributed by atoms with Crippen LogP contribution in [0.15, 0.2) is 18.5 Å². The van der Waals surface area contributed by atoms with Crippen molar-refractivity contribution in [2.75, 3.05) is 31.1 Å². The van der Waals surface area contributed by atoms with Crippen molar-refractivity contribution in [3.8, 4) is 0 Å². The lowest BCUT2D eigenvalue weighted by atomic mass is 9.97. The highest BCUT2D eigenvalue weighted by Gasteiger charge is 2.27. The molecular formula is C18H27N7. The summed E-state index contributed by atoms with van der Waals surface area (Å²) in [5.74, 6) is 3.41. The van der Waals surface area contributed by atoms with Crippen LogP contribution in [-0.4, -0.2) is 55.8 Å². The summed E-state index contributed by atoms with van der Waals surface area (Å²) in [7, 11) is 2.12. The van der Waals surface area contributed by atoms with Gasteiger partial charge in [0, 0.05) is 38.4 Å². The van der Waals surface area contributed by atoms with Crippen LogP contribution in [0.1, 0.15) is 49.7 Å². The molecule has 7 heteroatoms. The Morgan fingerprint density at radius 1 is 1.00 bits per heavy atom. The van der Waals surface area contributed by atoms with Crippen LogP contribution in [0.5, 0.6) is 0 Å². The molecule has 7 nitrogen and oxygen atoms in total. The zero-order valence-electron chi connectivity index (χ0n) is 15.0. The van der Waals surface area contributed by atoms with Crippen molar-refractivity contribution in [2.24, 2.45) is 7.05 Å². The molecule has 2 aliphatic rings. The molecule has 1 atom stereocenters. The predicted molar refractivity (Wildman–Crippen MR) is 96.4 cm³/mol. The van der Waals surface area contributed by atoms with E-state index in [0.29, 0.717) is 5.92 Å². The SMILES string of the molecule is Cn1c(CN2CCCCC2)nnc1C1CCCN(c2ncccn2)C1. The maximum atomic E-state index is 4.55. The van der Waals surface area contributed by atoms with E-state index in [-0.39, 0.29) is 0 Å². The number of rotatable bonds is 4. The predicted octanol–water partition coefficient (Wildman–Crippen LogP) is 1.97. The van der Waals surface area contributed by atoms with Gasteiger partial charge in [0.1, 0.15) is 11.6 Å². The molecule has 2 aromatic heterocycles. The average molecular weight is 341 g/mol. The highest BCUT2D eigenvalue weighted by Crippen LogP contribution is 2.27. The standard InChI is InChI=1S/C18H27N7/c1-23-16(14-24-10-3-2-4-11-24)21-22-17(23)15-7-5-12-25(13-15)18-19-8-6-9-20-18/h6,8-9,15H,2-5,7,10-14H2,1H3. The van der Waals surface area contributed by atoms with E-state index in [9.17, 15) is 0 Å². The molecule has 4 rings (SSSR count). The second-order valence-electron chi connectivity index (χ2n) is 7.20. The third-order valence-corrected chi connectivity index (χ3v) is 5.43. The van der Waals surface area contributed by atoms with Crippen molar-refractivity contribution in [1.82, 2.24) is 29.6 Å². The Morgan fingerprint density at radius 3 is 2.60 bits per heavy atom. The Morgan fingerprint density at radius 2 is 1.80 bits per heavy atom. The van der Waals surface area contributed by atoms with E-state index >= 15 is 0 Å². The minimum atomic E-state index is 0.394. The first-order valence-corrected chi connectivity index (χ1v) is 9.44. The largest absolute Gasteiger partial charge is 0.340 e. The first-order chi connectivity index (χ1) is 12.3. The van der Waals surface area contributed by atoms with Gasteiger partial charge in [-0.1, -0.05) is 6.42 Å². The monoisotopic (exact) mass is 341 g/mol. The highest BCUT2D eigenvalue weighted by atomic mass is 15.3. The normalized spacial score (nSPS) is 22.3. The number of piperidine rings is 2. The van der Waals surface area contributed by atoms with E-state index in [1.807, 2.05) is 18.5 Å². The highest BCUT2D eigenvalue weighted by molar-refractivity contribution is 5.30. The summed E-state index contributed by atoms with van der Waals surface area (Å²) < 4.78 is 2.22. The van der Waals surface area contributed by atoms with E-state index < -0.39 is 0 Å². The lowest BCUT2D eigenvalue weighted by molar-refractivity contribution is 0.213. The molecule has 0 bridgehead atoms. The zero-order chi connectivity index (χ0) is 17.1. The van der Waals surface area contributed by atoms with Crippen LogP contribution in [0.4, 0.5) is 5.95 Å². The lowest BCUT2D eigenvalue weighted by Crippen LogP contribution is -2.36. The maximum absolute atomic E-state index is 4.55. The van der Waals surface area contributed by atoms with E-state index in [1.165, 1.54) is 32.4 Å². The van der Waals surface area contributed by atoms with Gasteiger partial charge in [-0.25, -0.2) is 9.97 Å². The average Bonchev–Trinajstić information content (AvgIpc) is 3.04. The van der Waals surface area contributed by atoms with Gasteiger partial charge in [0.05, 0.1) is 6.54 Å². The summed E-state index contributed by atoms with van der Waals surface area (Å²) in [6, 6.07) is 1.86. The number of anilines is 1. The quantitative estimate of drug-likeness (QED) is 0.847. The van der Waals surface area contributed by atoms with Gasteiger partial charge >= 0.3 is 0 Å². The third kappa shape index (κ3) is 3.66. The first kappa shape index (κ1) is 16.4. The molecule has 0 amide bonds. The summed E-state index contributed by atoms with van der Waals surface area (Å²) in [5.41, 5.74) is 0. The Labute approximate surface area is 149 Å². The number of likely N-dealkylation sites (tertiary alicyclic amines) is 1. The molecule has 4 heterocycles. The van der Waals surface area contributed by atoms with Crippen molar-refractivity contribution in [2.45, 2.75) is 44.6 Å². The van der Waals surface area contributed by atoms with Gasteiger partial charge in [-0.2, -0.15) is 0 Å². The molecule has 2 saturated heterocycles. The molecule has 0 saturated carbocycles. The minimum absolute atomic E-state index is 0.394. The molecule has 134 valence electrons. The van der Waals surface area contributed by atoms with Crippen LogP contribution in [0.25, 0.3) is 0 Å². The van der Waals surface area contributed by atoms with Crippen molar-refractivity contribution in [3.05, 3.63) is 30.1 Å². The van der Waals surface area contributed by atoms with E-state index in [2.05, 4.69) is 41.6 Å². The molecule has 25 heavy (non-hydrogen) atoms. The van der Waals surface area contributed by atoms with Gasteiger partial charge in [-0.05, 0) is 44.8 Å². The van der Waals surface area contributed by atoms with Gasteiger partial charge in [0.15, 0.2) is 0 Å². The summed E-state index contributed by atoms with van der Waals surface area (Å²) in [4.78, 5) is 13.6. The van der Waals surface area contributed by atoms with Crippen molar-refractivity contribution < 1.29 is 0 Å². The van der Waals surface area contributed by atoms with Crippen LogP contribution >= 0.6 is 0 Å². The van der Waals surface area contributed by atoms with Crippen LogP contribution in [-0.2, 0) is 13.6 Å². The Bertz CT molecular complexity index is 678. The molecule has 0 N–H and O–H groups in total. The van der Waals surface area contributed by atoms with Gasteiger partial charge in [0.2, 0.25) is 5.95 Å². The van der Waals surface area contributed by atoms with Crippen LogP contribution in [0, 0.1) is 0 Å². The maximum Gasteiger partial charge on any atom is 0.225 e. The molecule has 2 aliphatic heterocycles. The second-order valence-corrected chi connectivity index (χ2v) is 7.20. The van der Waals surface area contributed by atoms with Gasteiger partial charge in [-0.3, -0.25) is 4.90 Å². The summed E-state index contributed by atoms with van der Waals surface area (Å²) >= 11 is 0. The second kappa shape index (κ2) is 7.47. The van der Waals surface area contributed by atoms with Gasteiger partial charge in [-0.15, -0.1) is 10.2 Å². The fourth-order valence-electron chi connectivity index (χ4n) is 4.01. The van der Waals surface area contributed by atoms with Gasteiger partial charge < -0.3 is 9.47 Å². The van der Waals surface area contributed by atoms with Crippen molar-refractivity contribution in [1.29, 1.82) is 0 Å². The number of aromatic nitrogens is 5. The van der Waals surface area contributed by atoms with Gasteiger partial charge in [0.25, 0.3) is 0 Å². The molecule has 2 aromatic rings. The van der Waals surface area contributed by atoms with E-state index in [0.717, 1.165) is 50.1 Å². The number of hydrogen-bond acceptors (Lipinski definition) is 6. The van der Waals surface area contributed by atoms with E-state index in [1.54, 1.807) is 0 Å². The molecule has 2 fully saturated rings. The minimum Gasteiger partial charge on any atom is -0.340 e. The fraction of sp³-hybridized carbons (Fsp3) is 0.667. The Balaban J connectivity index is 1.46. The molecule has 0 radical (unpaired) electrons. The number of nitrogens with zero attached hydrogens (tertiary/aromatic N) is 7. The molecule has 1 unspecified atom stereocenters. The van der Waals surface area contributed by atoms with Crippen molar-refractivity contribution in [3.63, 3.8) is 0 Å². The molecule has 0 spiro atoms. The molecule has 0 aromatic carbocycles. The Kier molecular flexibility index (Phi) is 4.92. The van der Waals surface area contributed by atoms with Crippen LogP contribution in [0.3, 0.4) is 0 Å². The van der Waals surface area contributed by atoms with Crippen LogP contribution < -0.4 is 4.90 Å². The molecular weight excluding hydrogens is 314 g/mol. The van der Waals surface area contributed by atoms with Crippen molar-refractivity contribution >= 4 is 5.95 Å². The van der Waals surface area contributed by atoms with E-state index in [4.69, 9.17) is 0 Å². The number of hydrogen-bond donors (Lipinski definition) is 0. The smallest absolute Gasteiger partial charge is 0.225 e. The lowest BCUT2D eigenvalue weighted by Gasteiger charge is -2.32. The topological polar surface area (TPSA) is 63.0 Å². The summed E-state index contributed by atoms with van der Waals surface area (Å²) in [6.07, 6.45) is 9.88. The van der Waals surface area contributed by atoms with Crippen LogP contribution in [0.2, 0.25) is 0 Å².